The fraction of sp³-hybridized carbons (Fsp3) is 0.545. The molecule has 0 radical (unpaired) electrons. The summed E-state index contributed by atoms with van der Waals surface area (Å²) in [6.07, 6.45) is -0.188. The van der Waals surface area contributed by atoms with Gasteiger partial charge < -0.3 is 21.3 Å². The maximum Gasteiger partial charge on any atom is 0.327 e. The smallest absolute Gasteiger partial charge is 0.327 e. The highest BCUT2D eigenvalue weighted by Gasteiger charge is 2.20. The minimum Gasteiger partial charge on any atom is -0.480 e. The lowest BCUT2D eigenvalue weighted by molar-refractivity contribution is -0.142. The first-order valence-corrected chi connectivity index (χ1v) is 5.28. The standard InChI is InChI=1S/C11H16N2O5/c1-2-3-4-8(11(17)18)13-9(14)6-5-7(12)10(15)16/h7-8H,4-6,12H2,1H3,(H,13,14)(H,15,16)(H,17,18)/t7-,8-/m0/s1. The van der Waals surface area contributed by atoms with Crippen molar-refractivity contribution in [1.82, 2.24) is 5.32 Å². The number of aliphatic carboxylic acids is 2. The van der Waals surface area contributed by atoms with E-state index in [0.29, 0.717) is 0 Å². The first kappa shape index (κ1) is 15.9. The van der Waals surface area contributed by atoms with E-state index in [-0.39, 0.29) is 19.3 Å². The Morgan fingerprint density at radius 2 is 1.89 bits per heavy atom. The zero-order valence-electron chi connectivity index (χ0n) is 9.97. The summed E-state index contributed by atoms with van der Waals surface area (Å²) in [6, 6.07) is -2.22. The summed E-state index contributed by atoms with van der Waals surface area (Å²) in [4.78, 5) is 32.6. The van der Waals surface area contributed by atoms with Gasteiger partial charge in [0.25, 0.3) is 0 Å². The van der Waals surface area contributed by atoms with Crippen LogP contribution in [0.2, 0.25) is 0 Å². The highest BCUT2D eigenvalue weighted by atomic mass is 16.4. The molecule has 7 heteroatoms. The van der Waals surface area contributed by atoms with E-state index in [9.17, 15) is 14.4 Å². The number of nitrogens with two attached hydrogens (primary N) is 1. The SMILES string of the molecule is CC#CC[C@H](NC(=O)CC[C@H](N)C(=O)O)C(=O)O. The molecule has 0 fully saturated rings. The van der Waals surface area contributed by atoms with Gasteiger partial charge in [-0.05, 0) is 13.3 Å². The molecule has 0 aliphatic heterocycles. The van der Waals surface area contributed by atoms with Crippen LogP contribution in [0.1, 0.15) is 26.2 Å². The number of carbonyl (C=O) groups excluding carboxylic acids is 1. The van der Waals surface area contributed by atoms with Crippen molar-refractivity contribution >= 4 is 17.8 Å². The van der Waals surface area contributed by atoms with Crippen LogP contribution in [0.3, 0.4) is 0 Å². The van der Waals surface area contributed by atoms with Crippen molar-refractivity contribution < 1.29 is 24.6 Å². The third-order valence-electron chi connectivity index (χ3n) is 2.12. The molecule has 0 unspecified atom stereocenters. The zero-order valence-corrected chi connectivity index (χ0v) is 9.97. The van der Waals surface area contributed by atoms with Crippen LogP contribution in [-0.2, 0) is 14.4 Å². The van der Waals surface area contributed by atoms with E-state index in [1.54, 1.807) is 6.92 Å². The quantitative estimate of drug-likeness (QED) is 0.439. The molecule has 0 aromatic carbocycles. The van der Waals surface area contributed by atoms with E-state index in [1.165, 1.54) is 0 Å². The van der Waals surface area contributed by atoms with Crippen LogP contribution in [-0.4, -0.2) is 40.1 Å². The van der Waals surface area contributed by atoms with E-state index >= 15 is 0 Å². The Hall–Kier alpha value is -2.07. The highest BCUT2D eigenvalue weighted by molar-refractivity contribution is 5.84. The van der Waals surface area contributed by atoms with Gasteiger partial charge in [-0.2, -0.15) is 0 Å². The molecule has 0 aromatic rings. The molecule has 0 aromatic heterocycles. The topological polar surface area (TPSA) is 130 Å². The van der Waals surface area contributed by atoms with Crippen LogP contribution in [0, 0.1) is 11.8 Å². The van der Waals surface area contributed by atoms with E-state index in [0.717, 1.165) is 0 Å². The molecular formula is C11H16N2O5. The first-order chi connectivity index (χ1) is 8.38. The van der Waals surface area contributed by atoms with E-state index < -0.39 is 29.9 Å². The molecule has 18 heavy (non-hydrogen) atoms. The number of rotatable bonds is 7. The molecule has 0 rings (SSSR count). The summed E-state index contributed by atoms with van der Waals surface area (Å²) in [6.45, 7) is 1.56. The lowest BCUT2D eigenvalue weighted by Gasteiger charge is -2.12. The van der Waals surface area contributed by atoms with Gasteiger partial charge in [0.1, 0.15) is 12.1 Å². The van der Waals surface area contributed by atoms with Gasteiger partial charge in [0, 0.05) is 12.8 Å². The summed E-state index contributed by atoms with van der Waals surface area (Å²) in [5, 5.41) is 19.6. The Bertz CT molecular complexity index is 383. The Kier molecular flexibility index (Phi) is 7.15. The normalized spacial score (nSPS) is 12.8. The van der Waals surface area contributed by atoms with Crippen LogP contribution < -0.4 is 11.1 Å². The van der Waals surface area contributed by atoms with Crippen molar-refractivity contribution in [2.24, 2.45) is 5.73 Å². The number of nitrogens with one attached hydrogen (secondary N) is 1. The summed E-state index contributed by atoms with van der Waals surface area (Å²) in [5.74, 6) is 2.14. The number of amides is 1. The average Bonchev–Trinajstić information content (AvgIpc) is 2.30. The second-order valence-electron chi connectivity index (χ2n) is 3.57. The van der Waals surface area contributed by atoms with Crippen molar-refractivity contribution in [3.05, 3.63) is 0 Å². The Morgan fingerprint density at radius 1 is 1.28 bits per heavy atom. The third-order valence-corrected chi connectivity index (χ3v) is 2.12. The van der Waals surface area contributed by atoms with Crippen LogP contribution >= 0.6 is 0 Å². The molecule has 2 atom stereocenters. The summed E-state index contributed by atoms with van der Waals surface area (Å²) in [7, 11) is 0. The molecule has 0 heterocycles. The molecule has 100 valence electrons. The fourth-order valence-electron chi connectivity index (χ4n) is 1.08. The second kappa shape index (κ2) is 8.08. The van der Waals surface area contributed by atoms with Crippen LogP contribution in [0.5, 0.6) is 0 Å². The Balaban J connectivity index is 4.20. The minimum absolute atomic E-state index is 0.00254. The number of hydrogen-bond acceptors (Lipinski definition) is 4. The summed E-state index contributed by atoms with van der Waals surface area (Å²) >= 11 is 0. The van der Waals surface area contributed by atoms with Crippen molar-refractivity contribution in [2.75, 3.05) is 0 Å². The fourth-order valence-corrected chi connectivity index (χ4v) is 1.08. The third kappa shape index (κ3) is 6.50. The van der Waals surface area contributed by atoms with Gasteiger partial charge in [-0.3, -0.25) is 9.59 Å². The second-order valence-corrected chi connectivity index (χ2v) is 3.57. The van der Waals surface area contributed by atoms with Gasteiger partial charge in [0.2, 0.25) is 5.91 Å². The largest absolute Gasteiger partial charge is 0.480 e. The number of hydrogen-bond donors (Lipinski definition) is 4. The lowest BCUT2D eigenvalue weighted by Crippen LogP contribution is -2.41. The van der Waals surface area contributed by atoms with E-state index in [2.05, 4.69) is 17.2 Å². The van der Waals surface area contributed by atoms with Gasteiger partial charge in [-0.15, -0.1) is 11.8 Å². The van der Waals surface area contributed by atoms with Crippen molar-refractivity contribution in [3.8, 4) is 11.8 Å². The van der Waals surface area contributed by atoms with E-state index in [1.807, 2.05) is 0 Å². The molecular weight excluding hydrogens is 240 g/mol. The molecule has 0 saturated carbocycles. The van der Waals surface area contributed by atoms with Crippen molar-refractivity contribution in [2.45, 2.75) is 38.3 Å². The molecule has 0 aliphatic carbocycles. The molecule has 1 amide bonds. The summed E-state index contributed by atoms with van der Waals surface area (Å²) in [5.41, 5.74) is 5.22. The highest BCUT2D eigenvalue weighted by Crippen LogP contribution is 1.98. The van der Waals surface area contributed by atoms with E-state index in [4.69, 9.17) is 15.9 Å². The molecule has 0 aliphatic rings. The molecule has 7 nitrogen and oxygen atoms in total. The van der Waals surface area contributed by atoms with Gasteiger partial charge in [-0.25, -0.2) is 4.79 Å². The number of carbonyl (C=O) groups is 3. The lowest BCUT2D eigenvalue weighted by atomic mass is 10.1. The van der Waals surface area contributed by atoms with Gasteiger partial charge in [-0.1, -0.05) is 0 Å². The first-order valence-electron chi connectivity index (χ1n) is 5.28. The average molecular weight is 256 g/mol. The van der Waals surface area contributed by atoms with Crippen LogP contribution in [0.25, 0.3) is 0 Å². The summed E-state index contributed by atoms with van der Waals surface area (Å²) < 4.78 is 0. The van der Waals surface area contributed by atoms with Gasteiger partial charge in [0.15, 0.2) is 0 Å². The predicted octanol–water partition coefficient (Wildman–Crippen LogP) is -0.839. The number of carboxylic acid groups (broad SMARTS) is 2. The van der Waals surface area contributed by atoms with Crippen molar-refractivity contribution in [1.29, 1.82) is 0 Å². The Morgan fingerprint density at radius 3 is 2.33 bits per heavy atom. The van der Waals surface area contributed by atoms with Crippen LogP contribution in [0.4, 0.5) is 0 Å². The minimum atomic E-state index is -1.20. The van der Waals surface area contributed by atoms with Gasteiger partial charge >= 0.3 is 11.9 Å². The number of carboxylic acids is 2. The molecule has 0 spiro atoms. The Labute approximate surface area is 104 Å². The zero-order chi connectivity index (χ0) is 14.1. The monoisotopic (exact) mass is 256 g/mol. The van der Waals surface area contributed by atoms with Crippen LogP contribution in [0.15, 0.2) is 0 Å². The predicted molar refractivity (Wildman–Crippen MR) is 62.5 cm³/mol. The molecule has 0 bridgehead atoms. The maximum atomic E-state index is 11.4. The molecule has 5 N–H and O–H groups in total. The molecule has 0 saturated heterocycles. The van der Waals surface area contributed by atoms with Crippen molar-refractivity contribution in [3.63, 3.8) is 0 Å². The maximum absolute atomic E-state index is 11.4. The van der Waals surface area contributed by atoms with Gasteiger partial charge in [0.05, 0.1) is 0 Å².